The summed E-state index contributed by atoms with van der Waals surface area (Å²) >= 11 is 3.30. The molecule has 88 valence electrons. The molecule has 1 aliphatic carbocycles. The van der Waals surface area contributed by atoms with Crippen LogP contribution < -0.4 is 5.32 Å². The fourth-order valence-electron chi connectivity index (χ4n) is 1.76. The second-order valence-electron chi connectivity index (χ2n) is 4.14. The minimum Gasteiger partial charge on any atom is -0.321 e. The maximum atomic E-state index is 4.34. The van der Waals surface area contributed by atoms with Gasteiger partial charge in [-0.15, -0.1) is 0 Å². The lowest BCUT2D eigenvalue weighted by atomic mass is 9.93. The third kappa shape index (κ3) is 2.31. The molecule has 3 rings (SSSR count). The lowest BCUT2D eigenvalue weighted by Crippen LogP contribution is -2.17. The summed E-state index contributed by atoms with van der Waals surface area (Å²) in [6, 6.07) is 0.580. The van der Waals surface area contributed by atoms with Crippen LogP contribution in [0.5, 0.6) is 0 Å². The highest BCUT2D eigenvalue weighted by molar-refractivity contribution is 9.10. The number of nitrogens with zero attached hydrogens (tertiary/aromatic N) is 4. The molecule has 5 nitrogen and oxygen atoms in total. The van der Waals surface area contributed by atoms with Crippen LogP contribution in [0.4, 0.5) is 11.6 Å². The van der Waals surface area contributed by atoms with Crippen LogP contribution in [-0.4, -0.2) is 19.7 Å². The van der Waals surface area contributed by atoms with Crippen molar-refractivity contribution in [2.75, 3.05) is 5.32 Å². The van der Waals surface area contributed by atoms with Crippen molar-refractivity contribution in [1.82, 2.24) is 19.7 Å². The Morgan fingerprint density at radius 2 is 2.00 bits per heavy atom. The molecular formula is C11H12BrN5. The Kier molecular flexibility index (Phi) is 2.80. The first-order chi connectivity index (χ1) is 8.31. The molecule has 0 radical (unpaired) electrons. The van der Waals surface area contributed by atoms with E-state index in [1.807, 2.05) is 17.1 Å². The number of aromatic nitrogens is 4. The molecule has 0 aliphatic heterocycles. The van der Waals surface area contributed by atoms with Gasteiger partial charge in [0, 0.05) is 18.6 Å². The van der Waals surface area contributed by atoms with Gasteiger partial charge in [0.05, 0.1) is 22.4 Å². The summed E-state index contributed by atoms with van der Waals surface area (Å²) in [7, 11) is 0. The van der Waals surface area contributed by atoms with E-state index in [1.54, 1.807) is 12.4 Å². The number of hydrogen-bond acceptors (Lipinski definition) is 4. The number of anilines is 2. The summed E-state index contributed by atoms with van der Waals surface area (Å²) in [4.78, 5) is 8.31. The minimum absolute atomic E-state index is 0.580. The zero-order valence-electron chi connectivity index (χ0n) is 9.17. The molecule has 0 spiro atoms. The third-order valence-corrected chi connectivity index (χ3v) is 3.34. The highest BCUT2D eigenvalue weighted by Crippen LogP contribution is 2.31. The van der Waals surface area contributed by atoms with E-state index in [1.165, 1.54) is 19.3 Å². The van der Waals surface area contributed by atoms with Gasteiger partial charge in [-0.3, -0.25) is 4.68 Å². The first kappa shape index (κ1) is 10.7. The number of halogens is 1. The van der Waals surface area contributed by atoms with E-state index in [2.05, 4.69) is 36.3 Å². The average Bonchev–Trinajstić information content (AvgIpc) is 2.67. The van der Waals surface area contributed by atoms with Crippen LogP contribution >= 0.6 is 15.9 Å². The molecule has 0 unspecified atom stereocenters. The molecular weight excluding hydrogens is 282 g/mol. The highest BCUT2D eigenvalue weighted by Gasteiger charge is 2.19. The van der Waals surface area contributed by atoms with E-state index in [0.717, 1.165) is 10.2 Å². The van der Waals surface area contributed by atoms with Crippen LogP contribution in [0.25, 0.3) is 0 Å². The Hall–Kier alpha value is -1.43. The monoisotopic (exact) mass is 293 g/mol. The minimum atomic E-state index is 0.580. The van der Waals surface area contributed by atoms with E-state index in [-0.39, 0.29) is 0 Å². The van der Waals surface area contributed by atoms with Crippen molar-refractivity contribution in [3.63, 3.8) is 0 Å². The van der Waals surface area contributed by atoms with Gasteiger partial charge in [-0.2, -0.15) is 5.10 Å². The number of rotatable bonds is 3. The van der Waals surface area contributed by atoms with E-state index >= 15 is 0 Å². The molecule has 1 aliphatic rings. The molecule has 17 heavy (non-hydrogen) atoms. The molecule has 2 heterocycles. The van der Waals surface area contributed by atoms with Crippen LogP contribution in [0.3, 0.4) is 0 Å². The standard InChI is InChI=1S/C11H12BrN5/c12-8-4-13-11(14-5-8)16-9-6-15-17(7-9)10-2-1-3-10/h4-7,10H,1-3H2,(H,13,14,16). The molecule has 0 aromatic carbocycles. The van der Waals surface area contributed by atoms with E-state index < -0.39 is 0 Å². The van der Waals surface area contributed by atoms with Gasteiger partial charge in [0.25, 0.3) is 0 Å². The fraction of sp³-hybridized carbons (Fsp3) is 0.364. The average molecular weight is 294 g/mol. The van der Waals surface area contributed by atoms with Crippen LogP contribution in [-0.2, 0) is 0 Å². The van der Waals surface area contributed by atoms with Crippen LogP contribution in [0.15, 0.2) is 29.3 Å². The molecule has 1 fully saturated rings. The highest BCUT2D eigenvalue weighted by atomic mass is 79.9. The Morgan fingerprint density at radius 1 is 1.24 bits per heavy atom. The van der Waals surface area contributed by atoms with Crippen LogP contribution in [0.2, 0.25) is 0 Å². The molecule has 1 N–H and O–H groups in total. The van der Waals surface area contributed by atoms with Gasteiger partial charge in [-0.1, -0.05) is 0 Å². The molecule has 0 bridgehead atoms. The molecule has 0 atom stereocenters. The third-order valence-electron chi connectivity index (χ3n) is 2.93. The summed E-state index contributed by atoms with van der Waals surface area (Å²) in [6.45, 7) is 0. The van der Waals surface area contributed by atoms with Gasteiger partial charge >= 0.3 is 0 Å². The topological polar surface area (TPSA) is 55.6 Å². The largest absolute Gasteiger partial charge is 0.321 e. The summed E-state index contributed by atoms with van der Waals surface area (Å²) in [5, 5.41) is 7.47. The lowest BCUT2D eigenvalue weighted by molar-refractivity contribution is 0.289. The van der Waals surface area contributed by atoms with Gasteiger partial charge < -0.3 is 5.32 Å². The SMILES string of the molecule is Brc1cnc(Nc2cnn(C3CCC3)c2)nc1. The molecule has 0 saturated heterocycles. The summed E-state index contributed by atoms with van der Waals surface area (Å²) < 4.78 is 2.89. The Bertz CT molecular complexity index is 503. The van der Waals surface area contributed by atoms with Crippen molar-refractivity contribution in [2.24, 2.45) is 0 Å². The quantitative estimate of drug-likeness (QED) is 0.945. The van der Waals surface area contributed by atoms with Crippen molar-refractivity contribution in [1.29, 1.82) is 0 Å². The van der Waals surface area contributed by atoms with Gasteiger partial charge in [0.15, 0.2) is 0 Å². The normalized spacial score (nSPS) is 15.6. The first-order valence-corrected chi connectivity index (χ1v) is 6.39. The zero-order valence-corrected chi connectivity index (χ0v) is 10.8. The van der Waals surface area contributed by atoms with Crippen molar-refractivity contribution in [3.8, 4) is 0 Å². The Morgan fingerprint density at radius 3 is 2.65 bits per heavy atom. The Labute approximate surface area is 107 Å². The summed E-state index contributed by atoms with van der Waals surface area (Å²) in [5.74, 6) is 0.585. The van der Waals surface area contributed by atoms with Gasteiger partial charge in [0.2, 0.25) is 5.95 Å². The molecule has 6 heteroatoms. The second-order valence-corrected chi connectivity index (χ2v) is 5.06. The lowest BCUT2D eigenvalue weighted by Gasteiger charge is -2.25. The maximum Gasteiger partial charge on any atom is 0.227 e. The maximum absolute atomic E-state index is 4.34. The first-order valence-electron chi connectivity index (χ1n) is 5.60. The van der Waals surface area contributed by atoms with Crippen molar-refractivity contribution in [3.05, 3.63) is 29.3 Å². The fourth-order valence-corrected chi connectivity index (χ4v) is 1.96. The number of nitrogens with one attached hydrogen (secondary N) is 1. The predicted octanol–water partition coefficient (Wildman–Crippen LogP) is 2.90. The van der Waals surface area contributed by atoms with E-state index in [4.69, 9.17) is 0 Å². The molecule has 2 aromatic rings. The van der Waals surface area contributed by atoms with Gasteiger partial charge in [-0.05, 0) is 35.2 Å². The second kappa shape index (κ2) is 4.44. The molecule has 2 aromatic heterocycles. The predicted molar refractivity (Wildman–Crippen MR) is 68.1 cm³/mol. The smallest absolute Gasteiger partial charge is 0.227 e. The van der Waals surface area contributed by atoms with Crippen molar-refractivity contribution < 1.29 is 0 Å². The van der Waals surface area contributed by atoms with Crippen molar-refractivity contribution >= 4 is 27.6 Å². The molecule has 0 amide bonds. The van der Waals surface area contributed by atoms with Crippen LogP contribution in [0.1, 0.15) is 25.3 Å². The molecule has 1 saturated carbocycles. The van der Waals surface area contributed by atoms with E-state index in [9.17, 15) is 0 Å². The zero-order chi connectivity index (χ0) is 11.7. The Balaban J connectivity index is 1.72. The summed E-state index contributed by atoms with van der Waals surface area (Å²) in [6.07, 6.45) is 11.0. The van der Waals surface area contributed by atoms with E-state index in [0.29, 0.717) is 12.0 Å². The van der Waals surface area contributed by atoms with Crippen LogP contribution in [0, 0.1) is 0 Å². The van der Waals surface area contributed by atoms with Crippen molar-refractivity contribution in [2.45, 2.75) is 25.3 Å². The summed E-state index contributed by atoms with van der Waals surface area (Å²) in [5.41, 5.74) is 0.930. The van der Waals surface area contributed by atoms with Gasteiger partial charge in [0.1, 0.15) is 0 Å². The van der Waals surface area contributed by atoms with Gasteiger partial charge in [-0.25, -0.2) is 9.97 Å². The number of hydrogen-bond donors (Lipinski definition) is 1.